The molecule has 3 N–H and O–H groups in total. The van der Waals surface area contributed by atoms with Gasteiger partial charge in [0.15, 0.2) is 0 Å². The highest BCUT2D eigenvalue weighted by molar-refractivity contribution is 5.87. The predicted octanol–water partition coefficient (Wildman–Crippen LogP) is 3.79. The predicted molar refractivity (Wildman–Crippen MR) is 118 cm³/mol. The van der Waals surface area contributed by atoms with E-state index in [1.165, 1.54) is 51.6 Å². The van der Waals surface area contributed by atoms with Crippen LogP contribution in [0.2, 0.25) is 0 Å². The number of carbonyl (C=O) groups is 1. The van der Waals surface area contributed by atoms with Gasteiger partial charge in [0.05, 0.1) is 6.10 Å². The van der Waals surface area contributed by atoms with Gasteiger partial charge >= 0.3 is 0 Å². The Balaban J connectivity index is 1.36. The Morgan fingerprint density at radius 1 is 1.00 bits per heavy atom. The monoisotopic (exact) mass is 417 g/mol. The molecule has 4 aliphatic carbocycles. The largest absolute Gasteiger partial charge is 0.396 e. The van der Waals surface area contributed by atoms with E-state index in [4.69, 9.17) is 0 Å². The first-order chi connectivity index (χ1) is 14.4. The van der Waals surface area contributed by atoms with Crippen molar-refractivity contribution in [1.29, 1.82) is 0 Å². The SMILES string of the molecule is C[C@]12CCC(CCC3CCNC3)CC1[C@@H](CO)[C@@H](O)C1C2CC[C@]2(C)C(=O)CCC12. The molecule has 170 valence electrons. The Hall–Kier alpha value is -0.450. The van der Waals surface area contributed by atoms with Crippen molar-refractivity contribution in [1.82, 2.24) is 5.32 Å². The van der Waals surface area contributed by atoms with Gasteiger partial charge in [-0.25, -0.2) is 0 Å². The molecule has 1 saturated heterocycles. The van der Waals surface area contributed by atoms with Crippen LogP contribution in [0.5, 0.6) is 0 Å². The number of hydrogen-bond acceptors (Lipinski definition) is 4. The van der Waals surface area contributed by atoms with E-state index in [0.29, 0.717) is 30.0 Å². The van der Waals surface area contributed by atoms with Crippen molar-refractivity contribution >= 4 is 5.78 Å². The lowest BCUT2D eigenvalue weighted by atomic mass is 9.41. The zero-order chi connectivity index (χ0) is 21.1. The molecule has 5 rings (SSSR count). The van der Waals surface area contributed by atoms with Crippen LogP contribution in [-0.2, 0) is 4.79 Å². The highest BCUT2D eigenvalue weighted by Crippen LogP contribution is 2.67. The fourth-order valence-corrected chi connectivity index (χ4v) is 9.24. The van der Waals surface area contributed by atoms with Gasteiger partial charge < -0.3 is 15.5 Å². The Morgan fingerprint density at radius 2 is 1.80 bits per heavy atom. The summed E-state index contributed by atoms with van der Waals surface area (Å²) in [6.07, 6.45) is 11.0. The summed E-state index contributed by atoms with van der Waals surface area (Å²) in [6, 6.07) is 0. The van der Waals surface area contributed by atoms with Crippen LogP contribution in [0, 0.1) is 52.3 Å². The lowest BCUT2D eigenvalue weighted by Gasteiger charge is -2.64. The van der Waals surface area contributed by atoms with Crippen molar-refractivity contribution in [2.45, 2.75) is 84.2 Å². The van der Waals surface area contributed by atoms with Gasteiger partial charge in [-0.2, -0.15) is 0 Å². The molecule has 5 aliphatic rings. The van der Waals surface area contributed by atoms with Gasteiger partial charge in [-0.15, -0.1) is 0 Å². The molecule has 0 spiro atoms. The number of rotatable bonds is 4. The van der Waals surface area contributed by atoms with Crippen molar-refractivity contribution in [3.8, 4) is 0 Å². The molecule has 6 unspecified atom stereocenters. The molecule has 4 saturated carbocycles. The van der Waals surface area contributed by atoms with Crippen LogP contribution >= 0.6 is 0 Å². The molecule has 0 radical (unpaired) electrons. The number of aliphatic hydroxyl groups is 2. The van der Waals surface area contributed by atoms with Crippen molar-refractivity contribution in [3.63, 3.8) is 0 Å². The van der Waals surface area contributed by atoms with E-state index in [-0.39, 0.29) is 29.3 Å². The summed E-state index contributed by atoms with van der Waals surface area (Å²) in [4.78, 5) is 12.7. The molecule has 0 aromatic heterocycles. The van der Waals surface area contributed by atoms with E-state index in [9.17, 15) is 15.0 Å². The highest BCUT2D eigenvalue weighted by atomic mass is 16.3. The standard InChI is InChI=1S/C26H43NO3/c1-25-10-7-16(3-4-17-9-12-27-14-17)13-21(25)18(15-28)24(30)23-19-5-6-22(29)26(19,2)11-8-20(23)25/h16-21,23-24,27-28,30H,3-15H2,1-2H3/t16?,17?,18-,19?,20?,21?,23?,24-,25-,26+/m1/s1. The van der Waals surface area contributed by atoms with Gasteiger partial charge in [0.1, 0.15) is 5.78 Å². The molecule has 4 heteroatoms. The first kappa shape index (κ1) is 21.4. The van der Waals surface area contributed by atoms with Crippen molar-refractivity contribution in [2.24, 2.45) is 52.3 Å². The summed E-state index contributed by atoms with van der Waals surface area (Å²) >= 11 is 0. The Labute approximate surface area is 182 Å². The summed E-state index contributed by atoms with van der Waals surface area (Å²) in [7, 11) is 0. The number of Topliss-reactive ketones (excluding diaryl/α,β-unsaturated/α-hetero) is 1. The van der Waals surface area contributed by atoms with E-state index in [1.807, 2.05) is 0 Å². The third kappa shape index (κ3) is 3.15. The molecule has 1 heterocycles. The minimum absolute atomic E-state index is 0.00903. The van der Waals surface area contributed by atoms with Crippen LogP contribution in [-0.4, -0.2) is 41.8 Å². The molecule has 5 fully saturated rings. The van der Waals surface area contributed by atoms with E-state index in [1.54, 1.807) is 0 Å². The first-order valence-corrected chi connectivity index (χ1v) is 12.9. The summed E-state index contributed by atoms with van der Waals surface area (Å²) in [5, 5.41) is 25.5. The second-order valence-corrected chi connectivity index (χ2v) is 12.2. The van der Waals surface area contributed by atoms with Crippen LogP contribution in [0.25, 0.3) is 0 Å². The third-order valence-electron chi connectivity index (χ3n) is 11.1. The zero-order valence-electron chi connectivity index (χ0n) is 19.1. The average Bonchev–Trinajstić information content (AvgIpc) is 3.36. The van der Waals surface area contributed by atoms with Crippen LogP contribution in [0.15, 0.2) is 0 Å². The molecule has 4 nitrogen and oxygen atoms in total. The number of ketones is 1. The molecule has 1 aliphatic heterocycles. The fraction of sp³-hybridized carbons (Fsp3) is 0.962. The van der Waals surface area contributed by atoms with E-state index < -0.39 is 6.10 Å². The second-order valence-electron chi connectivity index (χ2n) is 12.2. The lowest BCUT2D eigenvalue weighted by Crippen LogP contribution is -2.62. The van der Waals surface area contributed by atoms with E-state index in [0.717, 1.165) is 31.1 Å². The fourth-order valence-electron chi connectivity index (χ4n) is 9.24. The number of fused-ring (bicyclic) bond motifs is 5. The molecule has 0 bridgehead atoms. The topological polar surface area (TPSA) is 69.6 Å². The quantitative estimate of drug-likeness (QED) is 0.651. The molecule has 0 aromatic rings. The van der Waals surface area contributed by atoms with Crippen LogP contribution in [0.4, 0.5) is 0 Å². The summed E-state index contributed by atoms with van der Waals surface area (Å²) in [6.45, 7) is 7.13. The molecular formula is C26H43NO3. The van der Waals surface area contributed by atoms with E-state index >= 15 is 0 Å². The summed E-state index contributed by atoms with van der Waals surface area (Å²) in [5.74, 6) is 3.49. The summed E-state index contributed by atoms with van der Waals surface area (Å²) in [5.41, 5.74) is -0.00640. The smallest absolute Gasteiger partial charge is 0.139 e. The minimum atomic E-state index is -0.439. The third-order valence-corrected chi connectivity index (χ3v) is 11.1. The molecule has 0 amide bonds. The maximum atomic E-state index is 12.7. The van der Waals surface area contributed by atoms with Gasteiger partial charge in [-0.1, -0.05) is 20.3 Å². The molecule has 0 aromatic carbocycles. The normalized spacial score (nSPS) is 53.3. The lowest BCUT2D eigenvalue weighted by molar-refractivity contribution is -0.201. The van der Waals surface area contributed by atoms with Crippen molar-refractivity contribution in [2.75, 3.05) is 19.7 Å². The molecule has 10 atom stereocenters. The first-order valence-electron chi connectivity index (χ1n) is 12.9. The second kappa shape index (κ2) is 7.85. The number of aliphatic hydroxyl groups excluding tert-OH is 2. The molecule has 30 heavy (non-hydrogen) atoms. The van der Waals surface area contributed by atoms with Crippen LogP contribution < -0.4 is 5.32 Å². The Bertz CT molecular complexity index is 661. The Morgan fingerprint density at radius 3 is 2.53 bits per heavy atom. The number of nitrogens with one attached hydrogen (secondary N) is 1. The minimum Gasteiger partial charge on any atom is -0.396 e. The van der Waals surface area contributed by atoms with Crippen molar-refractivity contribution < 1.29 is 15.0 Å². The number of carbonyl (C=O) groups excluding carboxylic acids is 1. The van der Waals surface area contributed by atoms with Crippen LogP contribution in [0.1, 0.15) is 78.1 Å². The van der Waals surface area contributed by atoms with Gasteiger partial charge in [-0.05, 0) is 105 Å². The van der Waals surface area contributed by atoms with Gasteiger partial charge in [0.25, 0.3) is 0 Å². The van der Waals surface area contributed by atoms with Crippen molar-refractivity contribution in [3.05, 3.63) is 0 Å². The highest BCUT2D eigenvalue weighted by Gasteiger charge is 2.64. The Kier molecular flexibility index (Phi) is 5.60. The van der Waals surface area contributed by atoms with Crippen LogP contribution in [0.3, 0.4) is 0 Å². The number of hydrogen-bond donors (Lipinski definition) is 3. The average molecular weight is 418 g/mol. The van der Waals surface area contributed by atoms with Gasteiger partial charge in [-0.3, -0.25) is 4.79 Å². The van der Waals surface area contributed by atoms with E-state index in [2.05, 4.69) is 19.2 Å². The maximum absolute atomic E-state index is 12.7. The van der Waals surface area contributed by atoms with Gasteiger partial charge in [0.2, 0.25) is 0 Å². The summed E-state index contributed by atoms with van der Waals surface area (Å²) < 4.78 is 0. The maximum Gasteiger partial charge on any atom is 0.139 e. The zero-order valence-corrected chi connectivity index (χ0v) is 19.1. The van der Waals surface area contributed by atoms with Gasteiger partial charge in [0, 0.05) is 24.4 Å². The molecular weight excluding hydrogens is 374 g/mol.